The summed E-state index contributed by atoms with van der Waals surface area (Å²) in [6.07, 6.45) is 3.56. The van der Waals surface area contributed by atoms with Gasteiger partial charge < -0.3 is 10.1 Å². The fourth-order valence-corrected chi connectivity index (χ4v) is 2.96. The highest BCUT2D eigenvalue weighted by Gasteiger charge is 2.20. The molecule has 2 nitrogen and oxygen atoms in total. The molecule has 0 atom stereocenters. The smallest absolute Gasteiger partial charge is 0.122 e. The van der Waals surface area contributed by atoms with Gasteiger partial charge in [0.25, 0.3) is 0 Å². The van der Waals surface area contributed by atoms with Crippen LogP contribution in [-0.4, -0.2) is 20.2 Å². The molecule has 0 unspecified atom stereocenters. The maximum atomic E-state index is 5.56. The van der Waals surface area contributed by atoms with Crippen LogP contribution in [0.15, 0.2) is 18.2 Å². The van der Waals surface area contributed by atoms with E-state index in [9.17, 15) is 0 Å². The Hall–Kier alpha value is -1.02. The van der Waals surface area contributed by atoms with Crippen molar-refractivity contribution in [3.8, 4) is 5.75 Å². The largest absolute Gasteiger partial charge is 0.496 e. The zero-order valence-electron chi connectivity index (χ0n) is 12.8. The number of nitrogens with one attached hydrogen (secondary N) is 1. The van der Waals surface area contributed by atoms with Gasteiger partial charge in [-0.2, -0.15) is 0 Å². The first-order valence-corrected chi connectivity index (χ1v) is 7.37. The molecule has 1 aromatic carbocycles. The number of methoxy groups -OCH3 is 1. The minimum atomic E-state index is 0.333. The van der Waals surface area contributed by atoms with Gasteiger partial charge in [0.2, 0.25) is 0 Å². The Labute approximate surface area is 117 Å². The topological polar surface area (TPSA) is 21.3 Å². The molecule has 19 heavy (non-hydrogen) atoms. The maximum Gasteiger partial charge on any atom is 0.122 e. The Balaban J connectivity index is 2.25. The van der Waals surface area contributed by atoms with Gasteiger partial charge in [0.05, 0.1) is 7.11 Å². The van der Waals surface area contributed by atoms with E-state index in [0.717, 1.165) is 25.3 Å². The first kappa shape index (κ1) is 14.4. The van der Waals surface area contributed by atoms with Gasteiger partial charge in [-0.1, -0.05) is 32.9 Å². The molecule has 1 fully saturated rings. The number of piperidine rings is 1. The molecule has 2 rings (SSSR count). The van der Waals surface area contributed by atoms with Crippen molar-refractivity contribution in [3.05, 3.63) is 29.3 Å². The Morgan fingerprint density at radius 1 is 1.21 bits per heavy atom. The monoisotopic (exact) mass is 261 g/mol. The fourth-order valence-electron chi connectivity index (χ4n) is 2.96. The lowest BCUT2D eigenvalue weighted by molar-refractivity contribution is 0.388. The van der Waals surface area contributed by atoms with Gasteiger partial charge in [0.15, 0.2) is 0 Å². The molecule has 0 bridgehead atoms. The van der Waals surface area contributed by atoms with E-state index < -0.39 is 0 Å². The number of ether oxygens (including phenoxy) is 1. The van der Waals surface area contributed by atoms with Crippen LogP contribution in [0.1, 0.15) is 50.7 Å². The number of hydrogen-bond acceptors (Lipinski definition) is 2. The second kappa shape index (κ2) is 5.96. The van der Waals surface area contributed by atoms with Crippen LogP contribution in [0.4, 0.5) is 0 Å². The van der Waals surface area contributed by atoms with Crippen LogP contribution in [0.5, 0.6) is 5.75 Å². The van der Waals surface area contributed by atoms with Gasteiger partial charge >= 0.3 is 0 Å². The molecule has 1 saturated heterocycles. The highest BCUT2D eigenvalue weighted by molar-refractivity contribution is 5.40. The highest BCUT2D eigenvalue weighted by atomic mass is 16.5. The number of hydrogen-bond donors (Lipinski definition) is 1. The average molecular weight is 261 g/mol. The van der Waals surface area contributed by atoms with E-state index >= 15 is 0 Å². The van der Waals surface area contributed by atoms with Gasteiger partial charge in [-0.3, -0.25) is 0 Å². The zero-order valence-corrected chi connectivity index (χ0v) is 12.8. The van der Waals surface area contributed by atoms with Crippen molar-refractivity contribution in [3.63, 3.8) is 0 Å². The predicted octanol–water partition coefficient (Wildman–Crippen LogP) is 3.75. The van der Waals surface area contributed by atoms with Crippen LogP contribution >= 0.6 is 0 Å². The second-order valence-corrected chi connectivity index (χ2v) is 6.84. The molecule has 0 radical (unpaired) electrons. The van der Waals surface area contributed by atoms with Gasteiger partial charge in [-0.15, -0.1) is 0 Å². The summed E-state index contributed by atoms with van der Waals surface area (Å²) in [4.78, 5) is 0. The third kappa shape index (κ3) is 3.97. The molecule has 0 spiro atoms. The highest BCUT2D eigenvalue weighted by Crippen LogP contribution is 2.34. The normalized spacial score (nSPS) is 17.5. The predicted molar refractivity (Wildman–Crippen MR) is 81.0 cm³/mol. The van der Waals surface area contributed by atoms with E-state index in [0.29, 0.717) is 11.3 Å². The Morgan fingerprint density at radius 3 is 2.47 bits per heavy atom. The van der Waals surface area contributed by atoms with Crippen LogP contribution in [0.3, 0.4) is 0 Å². The van der Waals surface area contributed by atoms with E-state index in [-0.39, 0.29) is 0 Å². The quantitative estimate of drug-likeness (QED) is 0.894. The third-order valence-electron chi connectivity index (χ3n) is 3.81. The lowest BCUT2D eigenvalue weighted by atomic mass is 9.84. The van der Waals surface area contributed by atoms with Crippen molar-refractivity contribution >= 4 is 0 Å². The zero-order chi connectivity index (χ0) is 13.9. The molecule has 0 aromatic heterocycles. The summed E-state index contributed by atoms with van der Waals surface area (Å²) in [6.45, 7) is 9.12. The van der Waals surface area contributed by atoms with Gasteiger partial charge in [0, 0.05) is 0 Å². The Bertz CT molecular complexity index is 414. The molecule has 0 saturated carbocycles. The van der Waals surface area contributed by atoms with Crippen molar-refractivity contribution in [2.24, 2.45) is 5.41 Å². The molecule has 1 aliphatic heterocycles. The molecule has 1 N–H and O–H groups in total. The Morgan fingerprint density at radius 2 is 1.89 bits per heavy atom. The molecule has 0 aliphatic carbocycles. The van der Waals surface area contributed by atoms with E-state index in [4.69, 9.17) is 4.74 Å². The molecular weight excluding hydrogens is 234 g/mol. The minimum absolute atomic E-state index is 0.333. The third-order valence-corrected chi connectivity index (χ3v) is 3.81. The fraction of sp³-hybridized carbons (Fsp3) is 0.647. The lowest BCUT2D eigenvalue weighted by Gasteiger charge is -2.26. The molecule has 1 heterocycles. The van der Waals surface area contributed by atoms with Gasteiger partial charge in [-0.05, 0) is 60.9 Å². The lowest BCUT2D eigenvalue weighted by Crippen LogP contribution is -2.27. The summed E-state index contributed by atoms with van der Waals surface area (Å²) in [5.41, 5.74) is 3.17. The first-order valence-electron chi connectivity index (χ1n) is 7.37. The summed E-state index contributed by atoms with van der Waals surface area (Å²) in [7, 11) is 1.78. The summed E-state index contributed by atoms with van der Waals surface area (Å²) in [5.74, 6) is 1.71. The number of benzene rings is 1. The molecule has 106 valence electrons. The van der Waals surface area contributed by atoms with Crippen LogP contribution < -0.4 is 10.1 Å². The average Bonchev–Trinajstić information content (AvgIpc) is 2.38. The molecular formula is C17H27NO. The van der Waals surface area contributed by atoms with Crippen molar-refractivity contribution in [1.82, 2.24) is 5.32 Å². The summed E-state index contributed by atoms with van der Waals surface area (Å²) < 4.78 is 5.56. The van der Waals surface area contributed by atoms with Crippen LogP contribution in [0.2, 0.25) is 0 Å². The van der Waals surface area contributed by atoms with E-state index in [1.54, 1.807) is 7.11 Å². The van der Waals surface area contributed by atoms with E-state index in [2.05, 4.69) is 44.3 Å². The van der Waals surface area contributed by atoms with Gasteiger partial charge in [0.1, 0.15) is 5.75 Å². The summed E-state index contributed by atoms with van der Waals surface area (Å²) in [5, 5.41) is 3.43. The minimum Gasteiger partial charge on any atom is -0.496 e. The van der Waals surface area contributed by atoms with Crippen molar-refractivity contribution < 1.29 is 4.74 Å². The molecule has 0 amide bonds. The van der Waals surface area contributed by atoms with Gasteiger partial charge in [-0.25, -0.2) is 0 Å². The first-order chi connectivity index (χ1) is 8.99. The van der Waals surface area contributed by atoms with Crippen molar-refractivity contribution in [1.29, 1.82) is 0 Å². The SMILES string of the molecule is COc1ccc(CC(C)(C)C)cc1C1CCNCC1. The number of rotatable bonds is 3. The Kier molecular flexibility index (Phi) is 4.51. The maximum absolute atomic E-state index is 5.56. The van der Waals surface area contributed by atoms with E-state index in [1.807, 2.05) is 0 Å². The van der Waals surface area contributed by atoms with Crippen LogP contribution in [0.25, 0.3) is 0 Å². The second-order valence-electron chi connectivity index (χ2n) is 6.84. The van der Waals surface area contributed by atoms with E-state index in [1.165, 1.54) is 24.0 Å². The summed E-state index contributed by atoms with van der Waals surface area (Å²) >= 11 is 0. The molecule has 1 aliphatic rings. The van der Waals surface area contributed by atoms with Crippen LogP contribution in [0, 0.1) is 5.41 Å². The van der Waals surface area contributed by atoms with Crippen molar-refractivity contribution in [2.45, 2.75) is 46.0 Å². The molecule has 1 aromatic rings. The van der Waals surface area contributed by atoms with Crippen LogP contribution in [-0.2, 0) is 6.42 Å². The molecule has 2 heteroatoms. The van der Waals surface area contributed by atoms with Crippen molar-refractivity contribution in [2.75, 3.05) is 20.2 Å². The summed E-state index contributed by atoms with van der Waals surface area (Å²) in [6, 6.07) is 6.74. The standard InChI is InChI=1S/C17H27NO/c1-17(2,3)12-13-5-6-16(19-4)15(11-13)14-7-9-18-10-8-14/h5-6,11,14,18H,7-10,12H2,1-4H3.